The molecule has 0 aliphatic rings. The molecule has 0 aliphatic carbocycles. The number of carboxylic acids is 1. The summed E-state index contributed by atoms with van der Waals surface area (Å²) in [6.07, 6.45) is 4.62. The molecule has 412 valence electrons. The second-order valence-corrected chi connectivity index (χ2v) is 15.8. The molecule has 0 fully saturated rings. The Morgan fingerprint density at radius 2 is 0.986 bits per heavy atom. The maximum absolute atomic E-state index is 11.7. The molecule has 26 nitrogen and oxygen atoms in total. The molecule has 0 saturated carbocycles. The number of nitrogens with zero attached hydrogens (tertiary/aromatic N) is 12. The number of aromatic nitrogens is 8. The number of carbonyl (C=O) groups is 5. The van der Waals surface area contributed by atoms with Gasteiger partial charge in [-0.05, 0) is 0 Å². The van der Waals surface area contributed by atoms with Crippen LogP contribution in [0.4, 0.5) is 0 Å². The number of esters is 2. The Balaban J connectivity index is 0.000000859. The van der Waals surface area contributed by atoms with E-state index < -0.39 is 28.1 Å². The number of carboxylic acid groups (broad SMARTS) is 1. The fourth-order valence-corrected chi connectivity index (χ4v) is 5.76. The normalized spacial score (nSPS) is 10.1. The Kier molecular flexibility index (Phi) is 33.8. The Bertz CT molecular complexity index is 2760. The van der Waals surface area contributed by atoms with Gasteiger partial charge in [0.25, 0.3) is 0 Å². The van der Waals surface area contributed by atoms with Gasteiger partial charge in [0.05, 0.1) is 0 Å². The Labute approximate surface area is 552 Å². The first-order valence-corrected chi connectivity index (χ1v) is 22.2. The molecular formula is C39H39N14O12Yb5-5. The number of carbonyl (C=O) groups excluding carboxylic acids is 4. The third-order valence-electron chi connectivity index (χ3n) is 7.37. The van der Waals surface area contributed by atoms with E-state index in [0.29, 0.717) is 28.6 Å². The van der Waals surface area contributed by atoms with Crippen LogP contribution in [0.2, 0.25) is 0 Å². The van der Waals surface area contributed by atoms with E-state index in [1.807, 2.05) is 0 Å². The minimum atomic E-state index is -1.31. The molecule has 0 radical (unpaired) electrons. The second-order valence-electron chi connectivity index (χ2n) is 12.3. The molecule has 0 saturated heterocycles. The van der Waals surface area contributed by atoms with Crippen LogP contribution in [-0.4, -0.2) is 139 Å². The number of hydrogen-bond acceptors (Lipinski definition) is 21. The summed E-state index contributed by atoms with van der Waals surface area (Å²) in [5.74, 6) is -2.93. The summed E-state index contributed by atoms with van der Waals surface area (Å²) < 4.78 is 11.6. The van der Waals surface area contributed by atoms with Gasteiger partial charge in [-0.25, -0.2) is 0 Å². The van der Waals surface area contributed by atoms with E-state index in [0.717, 1.165) is 12.7 Å². The van der Waals surface area contributed by atoms with Crippen molar-refractivity contribution >= 4 is 32.3 Å². The molecule has 2 amide bonds. The molecule has 4 heterocycles. The summed E-state index contributed by atoms with van der Waals surface area (Å²) in [5.41, 5.74) is 13.4. The van der Waals surface area contributed by atoms with E-state index in [4.69, 9.17) is 16.6 Å². The first-order valence-electron chi connectivity index (χ1n) is 17.6. The topological polar surface area (TPSA) is 372 Å². The number of nitrogens with two attached hydrogens (primary N) is 2. The first kappa shape index (κ1) is 68.3. The van der Waals surface area contributed by atoms with Crippen molar-refractivity contribution in [3.8, 4) is 0 Å². The van der Waals surface area contributed by atoms with Crippen molar-refractivity contribution in [2.75, 3.05) is 42.4 Å². The molecule has 0 aliphatic heterocycles. The number of nitro groups is 2. The third kappa shape index (κ3) is 21.6. The SMILES string of the molecule is [CH2-]C(C(=O)OC)=C(N)[CH]=[Yb].[CH2-]c1c(C(=O)N(C)C)ncnc1[C](=[Yb])[N+](=O)[O-].[CH2-]c1c(C(=O)N(C)C)ncnc1[C](N)=[Yb].[CH2-]c1c(C(=O)O)ncnc1[C](=[Yb])[N+](=O)[O-].[CH2-]c1c([CH]=[Yb])ncnc1C(=O)OC. The monoisotopic (exact) mass is 1760 g/mol. The number of ether oxygens (including phenoxy) is 2. The molecule has 0 bridgehead atoms. The fourth-order valence-electron chi connectivity index (χ4n) is 3.93. The van der Waals surface area contributed by atoms with Crippen molar-refractivity contribution in [1.82, 2.24) is 49.7 Å². The molecule has 0 atom stereocenters. The van der Waals surface area contributed by atoms with Gasteiger partial charge in [-0.3, -0.25) is 0 Å². The van der Waals surface area contributed by atoms with Crippen LogP contribution in [0.25, 0.3) is 0 Å². The summed E-state index contributed by atoms with van der Waals surface area (Å²) in [7, 11) is 8.98. The second kappa shape index (κ2) is 34.7. The van der Waals surface area contributed by atoms with E-state index in [9.17, 15) is 44.2 Å². The number of aromatic carboxylic acids is 1. The van der Waals surface area contributed by atoms with E-state index in [1.165, 1.54) is 37.4 Å². The van der Waals surface area contributed by atoms with Crippen LogP contribution in [0, 0.1) is 275 Å². The van der Waals surface area contributed by atoms with Gasteiger partial charge in [-0.15, -0.1) is 0 Å². The molecule has 31 heteroatoms. The quantitative estimate of drug-likeness (QED) is 0.0471. The van der Waals surface area contributed by atoms with E-state index in [-0.39, 0.29) is 63.0 Å². The molecule has 5 N–H and O–H groups in total. The van der Waals surface area contributed by atoms with Crippen LogP contribution < -0.4 is 11.5 Å². The van der Waals surface area contributed by atoms with Crippen molar-refractivity contribution in [2.24, 2.45) is 11.5 Å². The van der Waals surface area contributed by atoms with Crippen molar-refractivity contribution in [1.29, 1.82) is 0 Å². The third-order valence-corrected chi connectivity index (χ3v) is 10.2. The number of methoxy groups -OCH3 is 2. The molecule has 4 aromatic heterocycles. The van der Waals surface area contributed by atoms with Gasteiger partial charge in [0.15, 0.2) is 0 Å². The van der Waals surface area contributed by atoms with Crippen LogP contribution >= 0.6 is 0 Å². The zero-order valence-corrected chi connectivity index (χ0v) is 45.4. The average molecular weight is 1760 g/mol. The zero-order valence-electron chi connectivity index (χ0n) is 36.8. The molecule has 0 aromatic carbocycles. The van der Waals surface area contributed by atoms with Crippen molar-refractivity contribution in [3.05, 3.63) is 159 Å². The Hall–Kier alpha value is -1.73. The maximum atomic E-state index is 11.7. The zero-order chi connectivity index (χ0) is 54.3. The predicted molar refractivity (Wildman–Crippen MR) is 231 cm³/mol. The van der Waals surface area contributed by atoms with Gasteiger partial charge in [0.2, 0.25) is 0 Å². The van der Waals surface area contributed by atoms with Crippen molar-refractivity contribution in [2.45, 2.75) is 0 Å². The van der Waals surface area contributed by atoms with Gasteiger partial charge in [-0.1, -0.05) is 0 Å². The fraction of sp³-hybridized carbons (Fsp3) is 0.154. The predicted octanol–water partition coefficient (Wildman–Crippen LogP) is -1.63. The number of hydrogen-bond donors (Lipinski definition) is 3. The van der Waals surface area contributed by atoms with Crippen molar-refractivity contribution in [3.63, 3.8) is 0 Å². The van der Waals surface area contributed by atoms with E-state index in [2.05, 4.69) is 304 Å². The molecule has 4 aromatic rings. The van der Waals surface area contributed by atoms with Gasteiger partial charge in [0.1, 0.15) is 0 Å². The Morgan fingerprint density at radius 1 is 0.629 bits per heavy atom. The molecule has 70 heavy (non-hydrogen) atoms. The molecule has 4 rings (SSSR count). The number of amides is 2. The summed E-state index contributed by atoms with van der Waals surface area (Å²) in [5, 5.41) is 29.7. The average Bonchev–Trinajstić information content (AvgIpc) is 3.32. The molecule has 0 spiro atoms. The van der Waals surface area contributed by atoms with E-state index >= 15 is 0 Å². The van der Waals surface area contributed by atoms with Gasteiger partial charge in [-0.2, -0.15) is 0 Å². The van der Waals surface area contributed by atoms with Gasteiger partial charge < -0.3 is 0 Å². The minimum absolute atomic E-state index is 0.0172. The number of rotatable bonds is 12. The van der Waals surface area contributed by atoms with Gasteiger partial charge >= 0.3 is 564 Å². The van der Waals surface area contributed by atoms with Crippen LogP contribution in [0.1, 0.15) is 87.0 Å². The molecule has 0 unspecified atom stereocenters. The summed E-state index contributed by atoms with van der Waals surface area (Å²) in [6.45, 7) is 17.8. The Morgan fingerprint density at radius 3 is 1.33 bits per heavy atom. The number of allylic oxidation sites excluding steroid dienone is 1. The van der Waals surface area contributed by atoms with Crippen LogP contribution in [0.15, 0.2) is 36.6 Å². The summed E-state index contributed by atoms with van der Waals surface area (Å²) >= 11 is 12.8. The van der Waals surface area contributed by atoms with Crippen LogP contribution in [0.5, 0.6) is 0 Å². The summed E-state index contributed by atoms with van der Waals surface area (Å²) in [6, 6.07) is 0. The summed E-state index contributed by atoms with van der Waals surface area (Å²) in [4.78, 5) is 108. The van der Waals surface area contributed by atoms with Crippen molar-refractivity contribution < 1.29 is 269 Å². The molecular weight excluding hydrogens is 1720 g/mol. The van der Waals surface area contributed by atoms with Crippen LogP contribution in [0.3, 0.4) is 0 Å². The van der Waals surface area contributed by atoms with Crippen LogP contribution in [-0.2, 0) is 14.3 Å². The standard InChI is InChI=1S/C9H9N4O3.C9H11N4O.C8H7N2O2.C7H4N3O4.C6H8NO2.5Yb/c1-6-7(4-13(15)16)10-5-11-8(6)9(14)12(2)3;1-6-7(4-10)11-5-12-8(6)9(14)13(2)3;1-5-6(2)9-4-10-7(5)8(11)12-3;1-4-5(2-10(13)14)8-3-9-6(4)7(11)12;1-4(5(2)7)6(8)9-3;;;;;/h5H,1H2,2-3H3;5H,1,10H2,2-3H3;2,4H,1H2,3H3;3H,1H2,(H,11,12);2H,1,7H2,3H3;;;;;/q5*-1;;;;;. The first-order chi connectivity index (χ1) is 32.6. The van der Waals surface area contributed by atoms with Gasteiger partial charge in [0, 0.05) is 0 Å². The van der Waals surface area contributed by atoms with E-state index in [1.54, 1.807) is 28.9 Å².